The van der Waals surface area contributed by atoms with Gasteiger partial charge in [-0.2, -0.15) is 0 Å². The lowest BCUT2D eigenvalue weighted by Crippen LogP contribution is -2.43. The zero-order chi connectivity index (χ0) is 14.5. The summed E-state index contributed by atoms with van der Waals surface area (Å²) in [5, 5.41) is 2.39. The zero-order valence-electron chi connectivity index (χ0n) is 12.2. The van der Waals surface area contributed by atoms with Gasteiger partial charge in [0.05, 0.1) is 0 Å². The summed E-state index contributed by atoms with van der Waals surface area (Å²) in [4.78, 5) is 2.39. The van der Waals surface area contributed by atoms with Crippen LogP contribution in [0.1, 0.15) is 6.42 Å². The molecule has 2 aromatic carbocycles. The van der Waals surface area contributed by atoms with Crippen LogP contribution in [0.15, 0.2) is 54.6 Å². The number of ether oxygens (including phenoxy) is 1. The van der Waals surface area contributed by atoms with Crippen molar-refractivity contribution in [1.82, 2.24) is 4.90 Å². The van der Waals surface area contributed by atoms with Crippen LogP contribution in [0.25, 0.3) is 10.8 Å². The van der Waals surface area contributed by atoms with Crippen LogP contribution in [0.5, 0.6) is 5.75 Å². The molecule has 0 saturated carbocycles. The van der Waals surface area contributed by atoms with Gasteiger partial charge < -0.3 is 10.5 Å². The molecule has 0 aliphatic carbocycles. The molecule has 3 heteroatoms. The lowest BCUT2D eigenvalue weighted by atomic mass is 10.1. The second kappa shape index (κ2) is 6.74. The van der Waals surface area contributed by atoms with E-state index in [4.69, 9.17) is 10.5 Å². The first-order valence-electron chi connectivity index (χ1n) is 7.60. The predicted molar refractivity (Wildman–Crippen MR) is 87.6 cm³/mol. The van der Waals surface area contributed by atoms with Crippen molar-refractivity contribution in [3.05, 3.63) is 54.6 Å². The van der Waals surface area contributed by atoms with Crippen LogP contribution in [-0.2, 0) is 0 Å². The van der Waals surface area contributed by atoms with E-state index in [1.807, 2.05) is 12.1 Å². The van der Waals surface area contributed by atoms with E-state index >= 15 is 0 Å². The minimum Gasteiger partial charge on any atom is -0.492 e. The number of nitrogens with two attached hydrogens (primary N) is 1. The summed E-state index contributed by atoms with van der Waals surface area (Å²) in [6, 6.07) is 14.9. The number of nitrogens with zero attached hydrogens (tertiary/aromatic N) is 1. The molecule has 1 aliphatic rings. The van der Waals surface area contributed by atoms with Gasteiger partial charge in [-0.3, -0.25) is 4.90 Å². The third-order valence-corrected chi connectivity index (χ3v) is 4.04. The van der Waals surface area contributed by atoms with Gasteiger partial charge in [0.1, 0.15) is 12.4 Å². The third-order valence-electron chi connectivity index (χ3n) is 4.04. The van der Waals surface area contributed by atoms with Crippen molar-refractivity contribution in [3.8, 4) is 5.75 Å². The molecule has 21 heavy (non-hydrogen) atoms. The molecule has 3 nitrogen and oxygen atoms in total. The SMILES string of the molecule is NCC1C=CCCN1CCOc1cccc2ccccc12. The quantitative estimate of drug-likeness (QED) is 0.857. The zero-order valence-corrected chi connectivity index (χ0v) is 12.2. The Morgan fingerprint density at radius 2 is 2.00 bits per heavy atom. The highest BCUT2D eigenvalue weighted by Gasteiger charge is 2.16. The van der Waals surface area contributed by atoms with E-state index in [0.29, 0.717) is 19.2 Å². The Morgan fingerprint density at radius 3 is 2.90 bits per heavy atom. The smallest absolute Gasteiger partial charge is 0.127 e. The molecule has 110 valence electrons. The van der Waals surface area contributed by atoms with Crippen LogP contribution in [0.4, 0.5) is 0 Å². The second-order valence-electron chi connectivity index (χ2n) is 5.38. The first-order valence-corrected chi connectivity index (χ1v) is 7.60. The molecule has 2 N–H and O–H groups in total. The summed E-state index contributed by atoms with van der Waals surface area (Å²) in [7, 11) is 0. The second-order valence-corrected chi connectivity index (χ2v) is 5.38. The molecular weight excluding hydrogens is 260 g/mol. The van der Waals surface area contributed by atoms with Gasteiger partial charge in [-0.1, -0.05) is 48.6 Å². The topological polar surface area (TPSA) is 38.5 Å². The monoisotopic (exact) mass is 282 g/mol. The van der Waals surface area contributed by atoms with E-state index in [-0.39, 0.29) is 0 Å². The normalized spacial score (nSPS) is 19.0. The highest BCUT2D eigenvalue weighted by atomic mass is 16.5. The average Bonchev–Trinajstić information content (AvgIpc) is 2.55. The first kappa shape index (κ1) is 14.1. The van der Waals surface area contributed by atoms with Gasteiger partial charge in [0.15, 0.2) is 0 Å². The van der Waals surface area contributed by atoms with E-state index < -0.39 is 0 Å². The highest BCUT2D eigenvalue weighted by molar-refractivity contribution is 5.88. The standard InChI is InChI=1S/C18H22N2O/c19-14-16-8-3-4-11-20(16)12-13-21-18-10-5-7-15-6-1-2-9-17(15)18/h1-3,5-10,16H,4,11-14,19H2. The van der Waals surface area contributed by atoms with Gasteiger partial charge >= 0.3 is 0 Å². The molecule has 0 spiro atoms. The third kappa shape index (κ3) is 3.26. The maximum absolute atomic E-state index is 6.01. The molecular formula is C18H22N2O. The van der Waals surface area contributed by atoms with Gasteiger partial charge in [-0.25, -0.2) is 0 Å². The summed E-state index contributed by atoms with van der Waals surface area (Å²) in [5.74, 6) is 0.963. The fraction of sp³-hybridized carbons (Fsp3) is 0.333. The summed E-state index contributed by atoms with van der Waals surface area (Å²) >= 11 is 0. The molecule has 0 fully saturated rings. The Kier molecular flexibility index (Phi) is 4.53. The summed E-state index contributed by atoms with van der Waals surface area (Å²) < 4.78 is 6.01. The number of hydrogen-bond acceptors (Lipinski definition) is 3. The molecule has 1 atom stereocenters. The van der Waals surface area contributed by atoms with E-state index in [2.05, 4.69) is 47.4 Å². The van der Waals surface area contributed by atoms with E-state index in [1.165, 1.54) is 10.8 Å². The summed E-state index contributed by atoms with van der Waals surface area (Å²) in [5.41, 5.74) is 5.82. The van der Waals surface area contributed by atoms with Crippen molar-refractivity contribution >= 4 is 10.8 Å². The fourth-order valence-corrected chi connectivity index (χ4v) is 2.88. The lowest BCUT2D eigenvalue weighted by Gasteiger charge is -2.31. The molecule has 1 heterocycles. The molecule has 0 amide bonds. The van der Waals surface area contributed by atoms with Crippen LogP contribution in [-0.4, -0.2) is 37.2 Å². The molecule has 3 rings (SSSR count). The number of hydrogen-bond donors (Lipinski definition) is 1. The largest absolute Gasteiger partial charge is 0.492 e. The summed E-state index contributed by atoms with van der Waals surface area (Å²) in [6.45, 7) is 3.34. The van der Waals surface area contributed by atoms with E-state index in [0.717, 1.165) is 25.3 Å². The van der Waals surface area contributed by atoms with Crippen molar-refractivity contribution in [2.45, 2.75) is 12.5 Å². The predicted octanol–water partition coefficient (Wildman–Crippen LogP) is 2.81. The van der Waals surface area contributed by atoms with Crippen LogP contribution in [0, 0.1) is 0 Å². The van der Waals surface area contributed by atoms with Gasteiger partial charge in [0.25, 0.3) is 0 Å². The van der Waals surface area contributed by atoms with Crippen molar-refractivity contribution < 1.29 is 4.74 Å². The Morgan fingerprint density at radius 1 is 1.14 bits per heavy atom. The average molecular weight is 282 g/mol. The Hall–Kier alpha value is -1.84. The Balaban J connectivity index is 1.63. The van der Waals surface area contributed by atoms with Gasteiger partial charge in [0.2, 0.25) is 0 Å². The molecule has 0 aromatic heterocycles. The van der Waals surface area contributed by atoms with Gasteiger partial charge in [0, 0.05) is 31.1 Å². The molecule has 0 saturated heterocycles. The number of benzene rings is 2. The van der Waals surface area contributed by atoms with Crippen LogP contribution < -0.4 is 10.5 Å². The number of fused-ring (bicyclic) bond motifs is 1. The Labute approximate surface area is 126 Å². The highest BCUT2D eigenvalue weighted by Crippen LogP contribution is 2.25. The molecule has 0 radical (unpaired) electrons. The van der Waals surface area contributed by atoms with Crippen molar-refractivity contribution in [1.29, 1.82) is 0 Å². The fourth-order valence-electron chi connectivity index (χ4n) is 2.88. The molecule has 1 unspecified atom stereocenters. The lowest BCUT2D eigenvalue weighted by molar-refractivity contribution is 0.181. The van der Waals surface area contributed by atoms with Crippen molar-refractivity contribution in [2.24, 2.45) is 5.73 Å². The maximum Gasteiger partial charge on any atom is 0.127 e. The first-order chi connectivity index (χ1) is 10.4. The van der Waals surface area contributed by atoms with Crippen LogP contribution in [0.2, 0.25) is 0 Å². The van der Waals surface area contributed by atoms with Gasteiger partial charge in [-0.15, -0.1) is 0 Å². The minimum absolute atomic E-state index is 0.356. The number of rotatable bonds is 5. The van der Waals surface area contributed by atoms with Crippen LogP contribution in [0.3, 0.4) is 0 Å². The van der Waals surface area contributed by atoms with E-state index in [9.17, 15) is 0 Å². The maximum atomic E-state index is 6.01. The minimum atomic E-state index is 0.356. The van der Waals surface area contributed by atoms with Crippen molar-refractivity contribution in [2.75, 3.05) is 26.2 Å². The Bertz CT molecular complexity index is 618. The van der Waals surface area contributed by atoms with Crippen LogP contribution >= 0.6 is 0 Å². The summed E-state index contributed by atoms with van der Waals surface area (Å²) in [6.07, 6.45) is 5.53. The molecule has 1 aliphatic heterocycles. The molecule has 0 bridgehead atoms. The van der Waals surface area contributed by atoms with E-state index in [1.54, 1.807) is 0 Å². The van der Waals surface area contributed by atoms with Crippen molar-refractivity contribution in [3.63, 3.8) is 0 Å². The van der Waals surface area contributed by atoms with Gasteiger partial charge in [-0.05, 0) is 17.9 Å². The molecule has 2 aromatic rings.